The van der Waals surface area contributed by atoms with Crippen molar-refractivity contribution in [1.29, 1.82) is 0 Å². The second-order valence-corrected chi connectivity index (χ2v) is 8.21. The van der Waals surface area contributed by atoms with E-state index in [-0.39, 0.29) is 23.9 Å². The Bertz CT molecular complexity index is 944. The van der Waals surface area contributed by atoms with Crippen molar-refractivity contribution in [3.05, 3.63) is 59.4 Å². The van der Waals surface area contributed by atoms with Crippen molar-refractivity contribution >= 4 is 21.6 Å². The van der Waals surface area contributed by atoms with Crippen LogP contribution in [0.1, 0.15) is 25.0 Å². The number of benzene rings is 2. The van der Waals surface area contributed by atoms with Crippen LogP contribution in [0.2, 0.25) is 0 Å². The van der Waals surface area contributed by atoms with Gasteiger partial charge in [-0.2, -0.15) is 4.31 Å². The predicted molar refractivity (Wildman–Crippen MR) is 97.8 cm³/mol. The fourth-order valence-electron chi connectivity index (χ4n) is 3.22. The number of carbonyl (C=O) groups is 1. The molecule has 0 aromatic heterocycles. The Labute approximate surface area is 153 Å². The molecule has 2 aromatic rings. The van der Waals surface area contributed by atoms with Gasteiger partial charge in [0, 0.05) is 32.2 Å². The molecule has 26 heavy (non-hydrogen) atoms. The summed E-state index contributed by atoms with van der Waals surface area (Å²) in [6, 6.07) is 10.8. The number of sulfonamides is 1. The number of anilines is 1. The highest BCUT2D eigenvalue weighted by Gasteiger charge is 2.28. The molecule has 3 rings (SSSR count). The van der Waals surface area contributed by atoms with Gasteiger partial charge >= 0.3 is 0 Å². The molecule has 0 atom stereocenters. The molecule has 2 aromatic carbocycles. The summed E-state index contributed by atoms with van der Waals surface area (Å²) in [5.74, 6) is -0.446. The standard InChI is InChI=1S/C19H21FN2O3S/c1-3-21(13-15-5-4-6-17(20)11-15)26(24,25)18-7-8-19-16(12-18)9-10-22(19)14(2)23/h4-8,11-12H,3,9-10,13H2,1-2H3. The highest BCUT2D eigenvalue weighted by Crippen LogP contribution is 2.31. The minimum atomic E-state index is -3.71. The molecule has 0 saturated heterocycles. The zero-order chi connectivity index (χ0) is 18.9. The van der Waals surface area contributed by atoms with Gasteiger partial charge in [0.2, 0.25) is 15.9 Å². The zero-order valence-corrected chi connectivity index (χ0v) is 15.6. The Morgan fingerprint density at radius 1 is 1.23 bits per heavy atom. The third-order valence-electron chi connectivity index (χ3n) is 4.57. The first-order valence-electron chi connectivity index (χ1n) is 8.48. The summed E-state index contributed by atoms with van der Waals surface area (Å²) in [6.07, 6.45) is 0.633. The van der Waals surface area contributed by atoms with E-state index in [4.69, 9.17) is 0 Å². The van der Waals surface area contributed by atoms with E-state index in [1.165, 1.54) is 29.4 Å². The molecule has 1 aliphatic rings. The van der Waals surface area contributed by atoms with Crippen molar-refractivity contribution < 1.29 is 17.6 Å². The van der Waals surface area contributed by atoms with Crippen LogP contribution in [-0.2, 0) is 27.8 Å². The van der Waals surface area contributed by atoms with E-state index in [2.05, 4.69) is 0 Å². The zero-order valence-electron chi connectivity index (χ0n) is 14.8. The minimum absolute atomic E-state index is 0.0550. The van der Waals surface area contributed by atoms with Gasteiger partial charge in [0.25, 0.3) is 0 Å². The molecule has 0 radical (unpaired) electrons. The summed E-state index contributed by atoms with van der Waals surface area (Å²) in [6.45, 7) is 4.19. The van der Waals surface area contributed by atoms with Crippen LogP contribution in [0.25, 0.3) is 0 Å². The lowest BCUT2D eigenvalue weighted by molar-refractivity contribution is -0.116. The van der Waals surface area contributed by atoms with Crippen molar-refractivity contribution in [2.24, 2.45) is 0 Å². The number of hydrogen-bond acceptors (Lipinski definition) is 3. The van der Waals surface area contributed by atoms with E-state index in [1.807, 2.05) is 0 Å². The maximum Gasteiger partial charge on any atom is 0.243 e. The van der Waals surface area contributed by atoms with E-state index in [0.29, 0.717) is 18.5 Å². The van der Waals surface area contributed by atoms with Gasteiger partial charge in [-0.15, -0.1) is 0 Å². The molecular weight excluding hydrogens is 355 g/mol. The maximum absolute atomic E-state index is 13.4. The van der Waals surface area contributed by atoms with Crippen molar-refractivity contribution in [1.82, 2.24) is 4.31 Å². The van der Waals surface area contributed by atoms with Gasteiger partial charge in [0.1, 0.15) is 5.82 Å². The minimum Gasteiger partial charge on any atom is -0.312 e. The first-order chi connectivity index (χ1) is 12.3. The second kappa shape index (κ2) is 7.17. The van der Waals surface area contributed by atoms with Gasteiger partial charge in [0.15, 0.2) is 0 Å². The van der Waals surface area contributed by atoms with Gasteiger partial charge in [-0.1, -0.05) is 19.1 Å². The third kappa shape index (κ3) is 3.50. The Morgan fingerprint density at radius 2 is 2.00 bits per heavy atom. The monoisotopic (exact) mass is 376 g/mol. The molecule has 5 nitrogen and oxygen atoms in total. The molecule has 0 fully saturated rings. The molecule has 0 unspecified atom stereocenters. The van der Waals surface area contributed by atoms with Gasteiger partial charge in [0.05, 0.1) is 4.90 Å². The lowest BCUT2D eigenvalue weighted by Crippen LogP contribution is -2.30. The normalized spacial score (nSPS) is 13.9. The number of halogens is 1. The lowest BCUT2D eigenvalue weighted by Gasteiger charge is -2.21. The van der Waals surface area contributed by atoms with E-state index >= 15 is 0 Å². The average molecular weight is 376 g/mol. The van der Waals surface area contributed by atoms with Crippen molar-refractivity contribution in [3.8, 4) is 0 Å². The molecule has 1 aliphatic heterocycles. The maximum atomic E-state index is 13.4. The van der Waals surface area contributed by atoms with Crippen LogP contribution in [0.15, 0.2) is 47.4 Å². The van der Waals surface area contributed by atoms with E-state index < -0.39 is 15.8 Å². The molecule has 1 amide bonds. The lowest BCUT2D eigenvalue weighted by atomic mass is 10.2. The number of amides is 1. The Hall–Kier alpha value is -2.25. The smallest absolute Gasteiger partial charge is 0.243 e. The van der Waals surface area contributed by atoms with Crippen molar-refractivity contribution in [2.75, 3.05) is 18.0 Å². The molecule has 0 aliphatic carbocycles. The molecule has 0 spiro atoms. The molecule has 0 N–H and O–H groups in total. The van der Waals surface area contributed by atoms with Crippen LogP contribution in [0.3, 0.4) is 0 Å². The quantitative estimate of drug-likeness (QED) is 0.806. The molecule has 7 heteroatoms. The van der Waals surface area contributed by atoms with Crippen LogP contribution < -0.4 is 4.90 Å². The largest absolute Gasteiger partial charge is 0.312 e. The second-order valence-electron chi connectivity index (χ2n) is 6.27. The first kappa shape index (κ1) is 18.5. The summed E-state index contributed by atoms with van der Waals surface area (Å²) < 4.78 is 40.8. The average Bonchev–Trinajstić information content (AvgIpc) is 3.03. The molecule has 1 heterocycles. The molecule has 0 saturated carbocycles. The van der Waals surface area contributed by atoms with Crippen molar-refractivity contribution in [3.63, 3.8) is 0 Å². The molecule has 138 valence electrons. The van der Waals surface area contributed by atoms with Crippen LogP contribution in [0.5, 0.6) is 0 Å². The summed E-state index contributed by atoms with van der Waals surface area (Å²) in [4.78, 5) is 13.5. The number of hydrogen-bond donors (Lipinski definition) is 0. The Balaban J connectivity index is 1.90. The fraction of sp³-hybridized carbons (Fsp3) is 0.316. The number of carbonyl (C=O) groups excluding carboxylic acids is 1. The topological polar surface area (TPSA) is 57.7 Å². The van der Waals surface area contributed by atoms with Crippen molar-refractivity contribution in [2.45, 2.75) is 31.7 Å². The highest BCUT2D eigenvalue weighted by atomic mass is 32.2. The van der Waals surface area contributed by atoms with Crippen LogP contribution in [0.4, 0.5) is 10.1 Å². The summed E-state index contributed by atoms with van der Waals surface area (Å²) in [7, 11) is -3.71. The van der Waals surface area contributed by atoms with Gasteiger partial charge in [-0.25, -0.2) is 12.8 Å². The molecular formula is C19H21FN2O3S. The van der Waals surface area contributed by atoms with E-state index in [1.54, 1.807) is 36.1 Å². The third-order valence-corrected chi connectivity index (χ3v) is 6.48. The van der Waals surface area contributed by atoms with E-state index in [9.17, 15) is 17.6 Å². The van der Waals surface area contributed by atoms with Gasteiger partial charge in [-0.3, -0.25) is 4.79 Å². The van der Waals surface area contributed by atoms with Gasteiger partial charge < -0.3 is 4.90 Å². The van der Waals surface area contributed by atoms with Crippen LogP contribution >= 0.6 is 0 Å². The number of fused-ring (bicyclic) bond motifs is 1. The highest BCUT2D eigenvalue weighted by molar-refractivity contribution is 7.89. The van der Waals surface area contributed by atoms with E-state index in [0.717, 1.165) is 11.3 Å². The Kier molecular flexibility index (Phi) is 5.11. The first-order valence-corrected chi connectivity index (χ1v) is 9.92. The van der Waals surface area contributed by atoms with Crippen LogP contribution in [0, 0.1) is 5.82 Å². The Morgan fingerprint density at radius 3 is 2.65 bits per heavy atom. The fourth-order valence-corrected chi connectivity index (χ4v) is 4.71. The van der Waals surface area contributed by atoms with Gasteiger partial charge in [-0.05, 0) is 47.9 Å². The molecule has 0 bridgehead atoms. The van der Waals surface area contributed by atoms with Crippen LogP contribution in [-0.4, -0.2) is 31.7 Å². The SMILES string of the molecule is CCN(Cc1cccc(F)c1)S(=O)(=O)c1ccc2c(c1)CCN2C(C)=O. The summed E-state index contributed by atoms with van der Waals surface area (Å²) in [5, 5.41) is 0. The summed E-state index contributed by atoms with van der Waals surface area (Å²) in [5.41, 5.74) is 2.21. The number of nitrogens with zero attached hydrogens (tertiary/aromatic N) is 2. The predicted octanol–water partition coefficient (Wildman–Crippen LogP) is 2.95. The summed E-state index contributed by atoms with van der Waals surface area (Å²) >= 11 is 0. The number of rotatable bonds is 5.